The lowest BCUT2D eigenvalue weighted by atomic mass is 10.1. The zero-order valence-electron chi connectivity index (χ0n) is 10.8. The molecule has 0 N–H and O–H groups in total. The highest BCUT2D eigenvalue weighted by Gasteiger charge is 2.01. The minimum atomic E-state index is 0. The van der Waals surface area contributed by atoms with Gasteiger partial charge in [0, 0.05) is 18.2 Å². The molecular formula is C16H18IN. The SMILES string of the molecule is CC[n+]1ccccc1/C=C/c1ccc(C)cc1.[I-]. The fraction of sp³-hybridized carbons (Fsp3) is 0.188. The van der Waals surface area contributed by atoms with Crippen molar-refractivity contribution in [3.8, 4) is 0 Å². The molecule has 0 fully saturated rings. The van der Waals surface area contributed by atoms with Gasteiger partial charge in [-0.15, -0.1) is 0 Å². The van der Waals surface area contributed by atoms with Crippen molar-refractivity contribution in [3.05, 3.63) is 65.5 Å². The Hall–Kier alpha value is -1.16. The molecule has 94 valence electrons. The molecular weight excluding hydrogens is 333 g/mol. The van der Waals surface area contributed by atoms with Gasteiger partial charge in [0.1, 0.15) is 6.54 Å². The molecule has 18 heavy (non-hydrogen) atoms. The third-order valence-corrected chi connectivity index (χ3v) is 2.84. The fourth-order valence-electron chi connectivity index (χ4n) is 1.79. The van der Waals surface area contributed by atoms with Crippen LogP contribution in [-0.2, 0) is 6.54 Å². The van der Waals surface area contributed by atoms with Crippen molar-refractivity contribution in [2.75, 3.05) is 0 Å². The first-order valence-electron chi connectivity index (χ1n) is 6.03. The third-order valence-electron chi connectivity index (χ3n) is 2.84. The monoisotopic (exact) mass is 351 g/mol. The highest BCUT2D eigenvalue weighted by molar-refractivity contribution is 5.66. The normalized spacial score (nSPS) is 10.3. The molecule has 2 rings (SSSR count). The van der Waals surface area contributed by atoms with Crippen molar-refractivity contribution >= 4 is 12.2 Å². The molecule has 1 nitrogen and oxygen atoms in total. The second kappa shape index (κ2) is 7.31. The van der Waals surface area contributed by atoms with E-state index in [0.717, 1.165) is 6.54 Å². The van der Waals surface area contributed by atoms with E-state index in [9.17, 15) is 0 Å². The Bertz CT molecular complexity index is 515. The summed E-state index contributed by atoms with van der Waals surface area (Å²) in [5, 5.41) is 0. The summed E-state index contributed by atoms with van der Waals surface area (Å²) < 4.78 is 2.23. The summed E-state index contributed by atoms with van der Waals surface area (Å²) in [5.41, 5.74) is 3.77. The number of hydrogen-bond donors (Lipinski definition) is 0. The molecule has 0 saturated heterocycles. The molecule has 0 aliphatic heterocycles. The highest BCUT2D eigenvalue weighted by atomic mass is 127. The van der Waals surface area contributed by atoms with Gasteiger partial charge in [-0.1, -0.05) is 29.8 Å². The summed E-state index contributed by atoms with van der Waals surface area (Å²) in [6.07, 6.45) is 6.42. The van der Waals surface area contributed by atoms with Crippen LogP contribution in [0.25, 0.3) is 12.2 Å². The van der Waals surface area contributed by atoms with Gasteiger partial charge in [-0.2, -0.15) is 4.57 Å². The lowest BCUT2D eigenvalue weighted by Gasteiger charge is -1.97. The summed E-state index contributed by atoms with van der Waals surface area (Å²) in [6.45, 7) is 5.26. The summed E-state index contributed by atoms with van der Waals surface area (Å²) in [6, 6.07) is 14.8. The molecule has 0 amide bonds. The van der Waals surface area contributed by atoms with Crippen LogP contribution in [0.15, 0.2) is 48.7 Å². The van der Waals surface area contributed by atoms with Crippen LogP contribution in [0.4, 0.5) is 0 Å². The van der Waals surface area contributed by atoms with Crippen molar-refractivity contribution in [1.82, 2.24) is 0 Å². The minimum absolute atomic E-state index is 0. The molecule has 0 atom stereocenters. The van der Waals surface area contributed by atoms with E-state index < -0.39 is 0 Å². The molecule has 1 heterocycles. The van der Waals surface area contributed by atoms with Crippen molar-refractivity contribution in [1.29, 1.82) is 0 Å². The highest BCUT2D eigenvalue weighted by Crippen LogP contribution is 2.07. The predicted octanol–water partition coefficient (Wildman–Crippen LogP) is 0.477. The smallest absolute Gasteiger partial charge is 0.205 e. The van der Waals surface area contributed by atoms with Gasteiger partial charge in [0.15, 0.2) is 6.20 Å². The molecule has 1 aromatic heterocycles. The van der Waals surface area contributed by atoms with Gasteiger partial charge >= 0.3 is 0 Å². The standard InChI is InChI=1S/C16H18N.HI/c1-3-17-13-5-4-6-16(17)12-11-15-9-7-14(2)8-10-15;/h4-13H,3H2,1-2H3;1H/q+1;/p-1/b12-11+;. The molecule has 2 heteroatoms. The number of pyridine rings is 1. The molecule has 0 bridgehead atoms. The van der Waals surface area contributed by atoms with Crippen molar-refractivity contribution in [3.63, 3.8) is 0 Å². The topological polar surface area (TPSA) is 3.88 Å². The van der Waals surface area contributed by atoms with Crippen LogP contribution < -0.4 is 28.5 Å². The molecule has 0 spiro atoms. The minimum Gasteiger partial charge on any atom is -1.00 e. The van der Waals surface area contributed by atoms with Gasteiger partial charge in [-0.25, -0.2) is 0 Å². The number of hydrogen-bond acceptors (Lipinski definition) is 0. The van der Waals surface area contributed by atoms with Crippen LogP contribution >= 0.6 is 0 Å². The Morgan fingerprint density at radius 3 is 2.39 bits per heavy atom. The number of aryl methyl sites for hydroxylation is 2. The summed E-state index contributed by atoms with van der Waals surface area (Å²) in [7, 11) is 0. The fourth-order valence-corrected chi connectivity index (χ4v) is 1.79. The molecule has 0 aliphatic rings. The second-order valence-electron chi connectivity index (χ2n) is 4.16. The number of aromatic nitrogens is 1. The maximum Gasteiger partial charge on any atom is 0.205 e. The van der Waals surface area contributed by atoms with Gasteiger partial charge in [0.05, 0.1) is 0 Å². The lowest BCUT2D eigenvalue weighted by molar-refractivity contribution is -0.695. The zero-order chi connectivity index (χ0) is 12.1. The van der Waals surface area contributed by atoms with Crippen LogP contribution in [0.1, 0.15) is 23.7 Å². The number of nitrogens with zero attached hydrogens (tertiary/aromatic N) is 1. The van der Waals surface area contributed by atoms with E-state index in [-0.39, 0.29) is 24.0 Å². The molecule has 0 radical (unpaired) electrons. The number of benzene rings is 1. The maximum atomic E-state index is 2.23. The molecule has 1 aromatic carbocycles. The molecule has 0 aliphatic carbocycles. The zero-order valence-corrected chi connectivity index (χ0v) is 13.0. The summed E-state index contributed by atoms with van der Waals surface area (Å²) in [4.78, 5) is 0. The predicted molar refractivity (Wildman–Crippen MR) is 72.4 cm³/mol. The van der Waals surface area contributed by atoms with Crippen molar-refractivity contribution in [2.45, 2.75) is 20.4 Å². The largest absolute Gasteiger partial charge is 1.00 e. The average Bonchev–Trinajstić information content (AvgIpc) is 2.38. The van der Waals surface area contributed by atoms with Gasteiger partial charge in [0.25, 0.3) is 0 Å². The van der Waals surface area contributed by atoms with E-state index in [1.165, 1.54) is 16.8 Å². The number of halogens is 1. The van der Waals surface area contributed by atoms with Gasteiger partial charge in [-0.3, -0.25) is 0 Å². The van der Waals surface area contributed by atoms with Crippen LogP contribution in [-0.4, -0.2) is 0 Å². The lowest BCUT2D eigenvalue weighted by Crippen LogP contribution is -3.00. The van der Waals surface area contributed by atoms with Gasteiger partial charge in [-0.05, 0) is 31.6 Å². The quantitative estimate of drug-likeness (QED) is 0.560. The second-order valence-corrected chi connectivity index (χ2v) is 4.16. The average molecular weight is 351 g/mol. The Labute approximate surface area is 126 Å². The van der Waals surface area contributed by atoms with E-state index in [1.54, 1.807) is 0 Å². The van der Waals surface area contributed by atoms with Gasteiger partial charge in [0.2, 0.25) is 5.69 Å². The maximum absolute atomic E-state index is 2.23. The van der Waals surface area contributed by atoms with E-state index in [2.05, 4.69) is 79.2 Å². The Kier molecular flexibility index (Phi) is 6.05. The van der Waals surface area contributed by atoms with Gasteiger partial charge < -0.3 is 24.0 Å². The van der Waals surface area contributed by atoms with E-state index in [4.69, 9.17) is 0 Å². The Morgan fingerprint density at radius 2 is 1.72 bits per heavy atom. The Morgan fingerprint density at radius 1 is 1.00 bits per heavy atom. The molecule has 0 saturated carbocycles. The number of rotatable bonds is 3. The Balaban J connectivity index is 0.00000162. The first-order chi connectivity index (χ1) is 8.29. The van der Waals surface area contributed by atoms with Crippen LogP contribution in [0.2, 0.25) is 0 Å². The van der Waals surface area contributed by atoms with E-state index in [0.29, 0.717) is 0 Å². The summed E-state index contributed by atoms with van der Waals surface area (Å²) >= 11 is 0. The molecule has 0 unspecified atom stereocenters. The van der Waals surface area contributed by atoms with Crippen LogP contribution in [0, 0.1) is 6.92 Å². The van der Waals surface area contributed by atoms with Crippen molar-refractivity contribution < 1.29 is 28.5 Å². The van der Waals surface area contributed by atoms with E-state index >= 15 is 0 Å². The summed E-state index contributed by atoms with van der Waals surface area (Å²) in [5.74, 6) is 0. The third kappa shape index (κ3) is 3.95. The van der Waals surface area contributed by atoms with Crippen LogP contribution in [0.5, 0.6) is 0 Å². The first kappa shape index (κ1) is 14.9. The molecule has 2 aromatic rings. The van der Waals surface area contributed by atoms with Crippen LogP contribution in [0.3, 0.4) is 0 Å². The van der Waals surface area contributed by atoms with E-state index in [1.807, 2.05) is 0 Å². The first-order valence-corrected chi connectivity index (χ1v) is 6.03. The van der Waals surface area contributed by atoms with Crippen molar-refractivity contribution in [2.24, 2.45) is 0 Å².